The molecule has 1 aliphatic rings. The molecule has 6 heteroatoms. The molecule has 1 aromatic carbocycles. The van der Waals surface area contributed by atoms with Gasteiger partial charge in [0.15, 0.2) is 11.6 Å². The molecule has 0 fully saturated rings. The average Bonchev–Trinajstić information content (AvgIpc) is 2.83. The zero-order valence-electron chi connectivity index (χ0n) is 15.7. The molecule has 0 aliphatic carbocycles. The normalized spacial score (nSPS) is 16.8. The number of hydrogen-bond acceptors (Lipinski definition) is 4. The first-order valence-corrected chi connectivity index (χ1v) is 9.08. The Labute approximate surface area is 157 Å². The highest BCUT2D eigenvalue weighted by Crippen LogP contribution is 2.33. The molecule has 2 aromatic heterocycles. The molecule has 1 atom stereocenters. The number of phenols is 1. The Kier molecular flexibility index (Phi) is 4.44. The first-order valence-electron chi connectivity index (χ1n) is 9.08. The van der Waals surface area contributed by atoms with Gasteiger partial charge in [-0.15, -0.1) is 0 Å². The predicted molar refractivity (Wildman–Crippen MR) is 101 cm³/mol. The minimum atomic E-state index is -0.640. The summed E-state index contributed by atoms with van der Waals surface area (Å²) in [6.07, 6.45) is 0.780. The third-order valence-corrected chi connectivity index (χ3v) is 4.81. The van der Waals surface area contributed by atoms with Crippen molar-refractivity contribution in [1.29, 1.82) is 0 Å². The topological polar surface area (TPSA) is 60.2 Å². The fraction of sp³-hybridized carbons (Fsp3) is 0.333. The van der Waals surface area contributed by atoms with Gasteiger partial charge in [0.25, 0.3) is 0 Å². The van der Waals surface area contributed by atoms with Crippen LogP contribution in [0.25, 0.3) is 22.6 Å². The molecule has 0 unspecified atom stereocenters. The number of phenolic OH excluding ortho intramolecular Hbond substituents is 1. The SMILES string of the molecule is Cc1cc(-c2nc(-c3ccc(F)c(O)c3)n3c2CCO[C@H](C)C3)cc(C)n1. The lowest BCUT2D eigenvalue weighted by Gasteiger charge is -2.13. The van der Waals surface area contributed by atoms with Crippen molar-refractivity contribution in [3.8, 4) is 28.4 Å². The van der Waals surface area contributed by atoms with Crippen molar-refractivity contribution in [2.24, 2.45) is 0 Å². The van der Waals surface area contributed by atoms with Crippen molar-refractivity contribution in [2.45, 2.75) is 39.8 Å². The van der Waals surface area contributed by atoms with Crippen LogP contribution >= 0.6 is 0 Å². The number of aromatic nitrogens is 3. The summed E-state index contributed by atoms with van der Waals surface area (Å²) in [4.78, 5) is 9.36. The second-order valence-corrected chi connectivity index (χ2v) is 7.08. The Morgan fingerprint density at radius 1 is 1.11 bits per heavy atom. The van der Waals surface area contributed by atoms with Gasteiger partial charge in [-0.25, -0.2) is 9.37 Å². The standard InChI is InChI=1S/C21H22FN3O2/c1-12-8-16(9-13(2)23-12)20-18-6-7-27-14(3)11-25(18)21(24-20)15-4-5-17(22)19(26)10-15/h4-5,8-10,14,26H,6-7,11H2,1-3H3/t14-/m1/s1. The summed E-state index contributed by atoms with van der Waals surface area (Å²) in [6, 6.07) is 8.39. The highest BCUT2D eigenvalue weighted by atomic mass is 19.1. The third-order valence-electron chi connectivity index (χ3n) is 4.81. The molecule has 0 amide bonds. The molecule has 0 saturated heterocycles. The smallest absolute Gasteiger partial charge is 0.164 e. The Morgan fingerprint density at radius 3 is 2.56 bits per heavy atom. The fourth-order valence-electron chi connectivity index (χ4n) is 3.68. The van der Waals surface area contributed by atoms with E-state index in [0.29, 0.717) is 24.5 Å². The molecule has 3 aromatic rings. The fourth-order valence-corrected chi connectivity index (χ4v) is 3.68. The van der Waals surface area contributed by atoms with Crippen molar-refractivity contribution in [3.63, 3.8) is 0 Å². The van der Waals surface area contributed by atoms with Gasteiger partial charge in [0.1, 0.15) is 5.82 Å². The average molecular weight is 367 g/mol. The number of imidazole rings is 1. The van der Waals surface area contributed by atoms with Gasteiger partial charge in [-0.3, -0.25) is 4.98 Å². The van der Waals surface area contributed by atoms with Crippen molar-refractivity contribution in [3.05, 3.63) is 53.2 Å². The maximum Gasteiger partial charge on any atom is 0.164 e. The summed E-state index contributed by atoms with van der Waals surface area (Å²) < 4.78 is 21.5. The number of fused-ring (bicyclic) bond motifs is 1. The number of nitrogens with zero attached hydrogens (tertiary/aromatic N) is 3. The molecule has 5 nitrogen and oxygen atoms in total. The molecule has 140 valence electrons. The zero-order chi connectivity index (χ0) is 19.1. The first kappa shape index (κ1) is 17.7. The van der Waals surface area contributed by atoms with Crippen LogP contribution in [-0.4, -0.2) is 32.4 Å². The maximum atomic E-state index is 13.5. The van der Waals surface area contributed by atoms with E-state index < -0.39 is 5.82 Å². The van der Waals surface area contributed by atoms with Gasteiger partial charge < -0.3 is 14.4 Å². The van der Waals surface area contributed by atoms with Crippen molar-refractivity contribution in [2.75, 3.05) is 6.61 Å². The summed E-state index contributed by atoms with van der Waals surface area (Å²) in [7, 11) is 0. The van der Waals surface area contributed by atoms with Crippen LogP contribution in [0, 0.1) is 19.7 Å². The Balaban J connectivity index is 1.94. The first-order chi connectivity index (χ1) is 12.9. The molecule has 3 heterocycles. The number of pyridine rings is 1. The maximum absolute atomic E-state index is 13.5. The number of rotatable bonds is 2. The molecule has 1 N–H and O–H groups in total. The molecule has 27 heavy (non-hydrogen) atoms. The summed E-state index contributed by atoms with van der Waals surface area (Å²) in [5.74, 6) is -0.307. The second kappa shape index (κ2) is 6.78. The summed E-state index contributed by atoms with van der Waals surface area (Å²) in [5, 5.41) is 9.82. The lowest BCUT2D eigenvalue weighted by molar-refractivity contribution is 0.0666. The van der Waals surface area contributed by atoms with Crippen LogP contribution in [-0.2, 0) is 17.7 Å². The van der Waals surface area contributed by atoms with E-state index in [0.717, 1.165) is 34.8 Å². The van der Waals surface area contributed by atoms with Gasteiger partial charge in [0.2, 0.25) is 0 Å². The second-order valence-electron chi connectivity index (χ2n) is 7.08. The Morgan fingerprint density at radius 2 is 1.85 bits per heavy atom. The predicted octanol–water partition coefficient (Wildman–Crippen LogP) is 4.03. The van der Waals surface area contributed by atoms with Gasteiger partial charge in [-0.05, 0) is 51.1 Å². The highest BCUT2D eigenvalue weighted by Gasteiger charge is 2.24. The number of aromatic hydroxyl groups is 1. The van der Waals surface area contributed by atoms with E-state index in [2.05, 4.69) is 9.55 Å². The largest absolute Gasteiger partial charge is 0.505 e. The zero-order valence-corrected chi connectivity index (χ0v) is 15.7. The monoisotopic (exact) mass is 367 g/mol. The number of aryl methyl sites for hydroxylation is 2. The minimum Gasteiger partial charge on any atom is -0.505 e. The van der Waals surface area contributed by atoms with Crippen LogP contribution in [0.15, 0.2) is 30.3 Å². The van der Waals surface area contributed by atoms with Gasteiger partial charge in [0, 0.05) is 34.6 Å². The van der Waals surface area contributed by atoms with Crippen LogP contribution < -0.4 is 0 Å². The Bertz CT molecular complexity index is 993. The number of benzene rings is 1. The molecular formula is C21H22FN3O2. The van der Waals surface area contributed by atoms with Crippen LogP contribution in [0.5, 0.6) is 5.75 Å². The molecule has 4 rings (SSSR count). The minimum absolute atomic E-state index is 0.0435. The van der Waals surface area contributed by atoms with Crippen LogP contribution in [0.3, 0.4) is 0 Å². The molecule has 0 bridgehead atoms. The number of ether oxygens (including phenoxy) is 1. The number of halogens is 1. The molecule has 0 spiro atoms. The van der Waals surface area contributed by atoms with E-state index in [1.807, 2.05) is 32.9 Å². The van der Waals surface area contributed by atoms with Crippen molar-refractivity contribution < 1.29 is 14.2 Å². The van der Waals surface area contributed by atoms with Crippen molar-refractivity contribution >= 4 is 0 Å². The lowest BCUT2D eigenvalue weighted by Crippen LogP contribution is -2.14. The van der Waals surface area contributed by atoms with E-state index in [-0.39, 0.29) is 11.9 Å². The summed E-state index contributed by atoms with van der Waals surface area (Å²) in [6.45, 7) is 7.24. The van der Waals surface area contributed by atoms with E-state index in [9.17, 15) is 9.50 Å². The summed E-state index contributed by atoms with van der Waals surface area (Å²) in [5.41, 5.74) is 5.54. The van der Waals surface area contributed by atoms with Gasteiger partial charge in [-0.2, -0.15) is 0 Å². The van der Waals surface area contributed by atoms with E-state index in [1.54, 1.807) is 6.07 Å². The van der Waals surface area contributed by atoms with E-state index >= 15 is 0 Å². The molecular weight excluding hydrogens is 345 g/mol. The lowest BCUT2D eigenvalue weighted by atomic mass is 10.1. The quantitative estimate of drug-likeness (QED) is 0.743. The van der Waals surface area contributed by atoms with Gasteiger partial charge >= 0.3 is 0 Å². The highest BCUT2D eigenvalue weighted by molar-refractivity contribution is 5.69. The van der Waals surface area contributed by atoms with Crippen LogP contribution in [0.4, 0.5) is 4.39 Å². The molecule has 0 radical (unpaired) electrons. The van der Waals surface area contributed by atoms with Crippen molar-refractivity contribution in [1.82, 2.24) is 14.5 Å². The molecule has 0 saturated carbocycles. The number of hydrogen-bond donors (Lipinski definition) is 1. The third kappa shape index (κ3) is 3.32. The van der Waals surface area contributed by atoms with E-state index in [1.165, 1.54) is 12.1 Å². The van der Waals surface area contributed by atoms with Gasteiger partial charge in [0.05, 0.1) is 24.9 Å². The van der Waals surface area contributed by atoms with Crippen LogP contribution in [0.2, 0.25) is 0 Å². The van der Waals surface area contributed by atoms with Crippen LogP contribution in [0.1, 0.15) is 24.0 Å². The summed E-state index contributed by atoms with van der Waals surface area (Å²) >= 11 is 0. The van der Waals surface area contributed by atoms with E-state index in [4.69, 9.17) is 9.72 Å². The van der Waals surface area contributed by atoms with Gasteiger partial charge in [-0.1, -0.05) is 0 Å². The molecule has 1 aliphatic heterocycles. The Hall–Kier alpha value is -2.73.